The van der Waals surface area contributed by atoms with Crippen LogP contribution in [0.4, 0.5) is 0 Å². The van der Waals surface area contributed by atoms with Gasteiger partial charge in [0.05, 0.1) is 26.9 Å². The van der Waals surface area contributed by atoms with E-state index in [4.69, 9.17) is 28.4 Å². The van der Waals surface area contributed by atoms with E-state index < -0.39 is 0 Å². The van der Waals surface area contributed by atoms with E-state index in [1.54, 1.807) is 33.5 Å². The zero-order valence-electron chi connectivity index (χ0n) is 28.1. The minimum atomic E-state index is -0.190. The van der Waals surface area contributed by atoms with Crippen LogP contribution >= 0.6 is 0 Å². The number of hydrogen-bond donors (Lipinski definition) is 1. The monoisotopic (exact) mass is 652 g/mol. The molecule has 0 spiro atoms. The van der Waals surface area contributed by atoms with Gasteiger partial charge in [0.15, 0.2) is 11.5 Å². The van der Waals surface area contributed by atoms with Gasteiger partial charge in [-0.1, -0.05) is 36.4 Å². The fourth-order valence-corrected chi connectivity index (χ4v) is 6.55. The van der Waals surface area contributed by atoms with Gasteiger partial charge in [0.2, 0.25) is 5.75 Å². The summed E-state index contributed by atoms with van der Waals surface area (Å²) >= 11 is 0. The van der Waals surface area contributed by atoms with Gasteiger partial charge >= 0.3 is 0 Å². The predicted octanol–water partition coefficient (Wildman–Crippen LogP) is 6.80. The van der Waals surface area contributed by atoms with E-state index >= 15 is 0 Å². The average molecular weight is 653 g/mol. The molecule has 2 aliphatic heterocycles. The van der Waals surface area contributed by atoms with Crippen LogP contribution in [0.2, 0.25) is 0 Å². The third-order valence-corrected chi connectivity index (χ3v) is 9.39. The summed E-state index contributed by atoms with van der Waals surface area (Å²) in [6.45, 7) is 0.722. The Labute approximate surface area is 282 Å². The average Bonchev–Trinajstić information content (AvgIpc) is 3.32. The lowest BCUT2D eigenvalue weighted by molar-refractivity contribution is 0.0876. The fourth-order valence-electron chi connectivity index (χ4n) is 6.55. The highest BCUT2D eigenvalue weighted by molar-refractivity contribution is 5.98. The number of piperidine rings is 1. The van der Waals surface area contributed by atoms with Gasteiger partial charge in [-0.25, -0.2) is 0 Å². The van der Waals surface area contributed by atoms with E-state index in [1.165, 1.54) is 12.8 Å². The van der Waals surface area contributed by atoms with Crippen molar-refractivity contribution in [3.05, 3.63) is 107 Å². The van der Waals surface area contributed by atoms with Gasteiger partial charge in [-0.15, -0.1) is 0 Å². The first-order valence-electron chi connectivity index (χ1n) is 16.4. The first-order chi connectivity index (χ1) is 23.4. The van der Waals surface area contributed by atoms with E-state index in [0.717, 1.165) is 46.8 Å². The first-order valence-corrected chi connectivity index (χ1v) is 16.4. The molecule has 4 aromatic rings. The number of amides is 1. The number of carbonyl (C=O) groups is 1. The molecule has 2 heterocycles. The molecular formula is C39H44N2O7. The number of nitrogens with zero attached hydrogens (tertiary/aromatic N) is 1. The second kappa shape index (κ2) is 15.3. The summed E-state index contributed by atoms with van der Waals surface area (Å²) in [5.41, 5.74) is 3.20. The Balaban J connectivity index is 1.32. The molecule has 1 unspecified atom stereocenters. The molecule has 1 N–H and O–H groups in total. The van der Waals surface area contributed by atoms with Crippen molar-refractivity contribution in [2.24, 2.45) is 0 Å². The zero-order chi connectivity index (χ0) is 33.5. The SMILES string of the molecule is COc1ccc(COc2ccc(C(=O)NC3C[C@H]4CC[C@@H](C3)N4C)c(OCc3ccc(OC)cc3)c2OCc2ccc(OC)cc2)cc1. The summed E-state index contributed by atoms with van der Waals surface area (Å²) in [6, 6.07) is 27.7. The highest BCUT2D eigenvalue weighted by Gasteiger charge is 2.39. The second-order valence-corrected chi connectivity index (χ2v) is 12.4. The molecule has 9 nitrogen and oxygen atoms in total. The highest BCUT2D eigenvalue weighted by atomic mass is 16.5. The molecule has 2 saturated heterocycles. The van der Waals surface area contributed by atoms with Crippen molar-refractivity contribution >= 4 is 5.91 Å². The molecule has 0 aromatic heterocycles. The van der Waals surface area contributed by atoms with Crippen molar-refractivity contribution in [3.63, 3.8) is 0 Å². The van der Waals surface area contributed by atoms with Crippen LogP contribution < -0.4 is 33.7 Å². The molecule has 2 fully saturated rings. The Kier molecular flexibility index (Phi) is 10.6. The van der Waals surface area contributed by atoms with Crippen molar-refractivity contribution < 1.29 is 33.2 Å². The van der Waals surface area contributed by atoms with Gasteiger partial charge in [-0.3, -0.25) is 4.79 Å². The molecular weight excluding hydrogens is 608 g/mol. The molecule has 0 radical (unpaired) electrons. The number of nitrogens with one attached hydrogen (secondary N) is 1. The Bertz CT molecular complexity index is 1640. The van der Waals surface area contributed by atoms with Gasteiger partial charge in [0.1, 0.15) is 37.1 Å². The summed E-state index contributed by atoms with van der Waals surface area (Å²) in [4.78, 5) is 16.5. The third-order valence-electron chi connectivity index (χ3n) is 9.39. The lowest BCUT2D eigenvalue weighted by atomic mass is 9.97. The van der Waals surface area contributed by atoms with Crippen LogP contribution in [0.1, 0.15) is 52.7 Å². The molecule has 252 valence electrons. The maximum Gasteiger partial charge on any atom is 0.255 e. The summed E-state index contributed by atoms with van der Waals surface area (Å²) in [7, 11) is 7.11. The Morgan fingerprint density at radius 3 is 1.52 bits per heavy atom. The van der Waals surface area contributed by atoms with Gasteiger partial charge < -0.3 is 38.6 Å². The maximum atomic E-state index is 14.0. The largest absolute Gasteiger partial charge is 0.497 e. The Hall–Kier alpha value is -4.89. The smallest absolute Gasteiger partial charge is 0.255 e. The van der Waals surface area contributed by atoms with Gasteiger partial charge in [-0.05, 0) is 98.0 Å². The number of methoxy groups -OCH3 is 3. The normalized spacial score (nSPS) is 18.5. The van der Waals surface area contributed by atoms with Crippen LogP contribution in [0.3, 0.4) is 0 Å². The number of hydrogen-bond acceptors (Lipinski definition) is 8. The van der Waals surface area contributed by atoms with E-state index in [2.05, 4.69) is 17.3 Å². The summed E-state index contributed by atoms with van der Waals surface area (Å²) in [5.74, 6) is 3.26. The molecule has 6 rings (SSSR count). The second-order valence-electron chi connectivity index (χ2n) is 12.4. The van der Waals surface area contributed by atoms with Crippen LogP contribution in [-0.2, 0) is 19.8 Å². The van der Waals surface area contributed by atoms with Crippen molar-refractivity contribution in [3.8, 4) is 34.5 Å². The lowest BCUT2D eigenvalue weighted by Gasteiger charge is -2.36. The molecule has 2 aliphatic rings. The van der Waals surface area contributed by atoms with Crippen molar-refractivity contribution in [1.82, 2.24) is 10.2 Å². The number of fused-ring (bicyclic) bond motifs is 2. The number of carbonyl (C=O) groups excluding carboxylic acids is 1. The minimum absolute atomic E-state index is 0.0929. The molecule has 9 heteroatoms. The maximum absolute atomic E-state index is 14.0. The molecule has 1 amide bonds. The van der Waals surface area contributed by atoms with Crippen LogP contribution in [-0.4, -0.2) is 57.3 Å². The molecule has 2 bridgehead atoms. The summed E-state index contributed by atoms with van der Waals surface area (Å²) < 4.78 is 35.3. The molecule has 0 saturated carbocycles. The Morgan fingerprint density at radius 1 is 0.625 bits per heavy atom. The number of ether oxygens (including phenoxy) is 6. The van der Waals surface area contributed by atoms with Crippen LogP contribution in [0.5, 0.6) is 34.5 Å². The van der Waals surface area contributed by atoms with Gasteiger partial charge in [0.25, 0.3) is 5.91 Å². The summed E-state index contributed by atoms with van der Waals surface area (Å²) in [6.07, 6.45) is 4.22. The van der Waals surface area contributed by atoms with Crippen molar-refractivity contribution in [1.29, 1.82) is 0 Å². The number of benzene rings is 4. The molecule has 4 aromatic carbocycles. The lowest BCUT2D eigenvalue weighted by Crippen LogP contribution is -2.48. The molecule has 3 atom stereocenters. The van der Waals surface area contributed by atoms with Crippen LogP contribution in [0, 0.1) is 0 Å². The minimum Gasteiger partial charge on any atom is -0.497 e. The van der Waals surface area contributed by atoms with E-state index in [-0.39, 0.29) is 31.8 Å². The van der Waals surface area contributed by atoms with Crippen molar-refractivity contribution in [2.75, 3.05) is 28.4 Å². The third kappa shape index (κ3) is 7.80. The first kappa shape index (κ1) is 33.0. The van der Waals surface area contributed by atoms with Gasteiger partial charge in [-0.2, -0.15) is 0 Å². The quantitative estimate of drug-likeness (QED) is 0.159. The van der Waals surface area contributed by atoms with E-state index in [1.807, 2.05) is 72.8 Å². The van der Waals surface area contributed by atoms with E-state index in [9.17, 15) is 4.79 Å². The molecule has 48 heavy (non-hydrogen) atoms. The Morgan fingerprint density at radius 2 is 1.06 bits per heavy atom. The predicted molar refractivity (Wildman–Crippen MR) is 183 cm³/mol. The number of rotatable bonds is 14. The van der Waals surface area contributed by atoms with Crippen molar-refractivity contribution in [2.45, 2.75) is 63.6 Å². The highest BCUT2D eigenvalue weighted by Crippen LogP contribution is 2.42. The topological polar surface area (TPSA) is 87.7 Å². The molecule has 0 aliphatic carbocycles. The van der Waals surface area contributed by atoms with E-state index in [0.29, 0.717) is 34.9 Å². The van der Waals surface area contributed by atoms with Crippen LogP contribution in [0.25, 0.3) is 0 Å². The van der Waals surface area contributed by atoms with Crippen LogP contribution in [0.15, 0.2) is 84.9 Å². The summed E-state index contributed by atoms with van der Waals surface area (Å²) in [5, 5.41) is 3.33. The zero-order valence-corrected chi connectivity index (χ0v) is 28.1. The van der Waals surface area contributed by atoms with Gasteiger partial charge in [0, 0.05) is 18.1 Å². The standard InChI is InChI=1S/C39H44N2O7/c1-41-30-11-12-31(41)22-29(21-30)40-39(42)35-19-20-36(46-23-26-5-13-32(43-2)14-6-26)38(48-25-28-9-17-34(45-4)18-10-28)37(35)47-24-27-7-15-33(44-3)16-8-27/h5-10,13-20,29-31H,11-12,21-25H2,1-4H3,(H,40,42)/t29?,30-,31+. The fraction of sp³-hybridized carbons (Fsp3) is 0.359.